The summed E-state index contributed by atoms with van der Waals surface area (Å²) in [6.45, 7) is 3.98. The number of benzene rings is 2. The van der Waals surface area contributed by atoms with Gasteiger partial charge in [-0.3, -0.25) is 0 Å². The molecule has 0 aliphatic carbocycles. The number of aromatic nitrogens is 2. The van der Waals surface area contributed by atoms with Gasteiger partial charge in [-0.25, -0.2) is 8.42 Å². The highest BCUT2D eigenvalue weighted by molar-refractivity contribution is 7.89. The van der Waals surface area contributed by atoms with E-state index in [4.69, 9.17) is 0 Å². The zero-order valence-corrected chi connectivity index (χ0v) is 14.4. The number of hydrogen-bond donors (Lipinski definition) is 1. The van der Waals surface area contributed by atoms with Crippen LogP contribution in [0.4, 0.5) is 11.5 Å². The van der Waals surface area contributed by atoms with Crippen molar-refractivity contribution in [2.75, 3.05) is 5.32 Å². The molecule has 0 aliphatic rings. The zero-order valence-electron chi connectivity index (χ0n) is 13.6. The first-order chi connectivity index (χ1) is 11.4. The Morgan fingerprint density at radius 2 is 1.50 bits per heavy atom. The van der Waals surface area contributed by atoms with Crippen molar-refractivity contribution in [2.24, 2.45) is 0 Å². The summed E-state index contributed by atoms with van der Waals surface area (Å²) in [6, 6.07) is 16.9. The molecule has 0 unspecified atom stereocenters. The summed E-state index contributed by atoms with van der Waals surface area (Å²) in [7, 11) is -3.54. The SMILES string of the molecule is Cc1ccc(CS(=O)(=O)n2ccc(Nc3ccc(C)cc3)n2)cc1. The number of hydrogen-bond acceptors (Lipinski definition) is 4. The Balaban J connectivity index is 1.76. The predicted molar refractivity (Wildman–Crippen MR) is 95.9 cm³/mol. The summed E-state index contributed by atoms with van der Waals surface area (Å²) in [6.07, 6.45) is 1.46. The van der Waals surface area contributed by atoms with Crippen molar-refractivity contribution >= 4 is 21.5 Å². The highest BCUT2D eigenvalue weighted by atomic mass is 32.2. The number of nitrogens with zero attached hydrogens (tertiary/aromatic N) is 2. The molecule has 3 rings (SSSR count). The van der Waals surface area contributed by atoms with Crippen LogP contribution in [0.15, 0.2) is 60.8 Å². The van der Waals surface area contributed by atoms with Gasteiger partial charge in [0.1, 0.15) is 0 Å². The molecule has 0 aliphatic heterocycles. The van der Waals surface area contributed by atoms with Gasteiger partial charge in [-0.2, -0.15) is 4.09 Å². The van der Waals surface area contributed by atoms with Crippen LogP contribution in [0.2, 0.25) is 0 Å². The van der Waals surface area contributed by atoms with Crippen LogP contribution in [0.3, 0.4) is 0 Å². The minimum atomic E-state index is -3.54. The van der Waals surface area contributed by atoms with E-state index >= 15 is 0 Å². The Kier molecular flexibility index (Phi) is 4.40. The Hall–Kier alpha value is -2.60. The van der Waals surface area contributed by atoms with Gasteiger partial charge in [-0.1, -0.05) is 47.5 Å². The molecule has 0 bridgehead atoms. The molecule has 124 valence electrons. The maximum Gasteiger partial charge on any atom is 0.258 e. The predicted octanol–water partition coefficient (Wildman–Crippen LogP) is 3.62. The average Bonchev–Trinajstić information content (AvgIpc) is 3.01. The maximum absolute atomic E-state index is 12.5. The molecule has 0 saturated carbocycles. The van der Waals surface area contributed by atoms with Crippen molar-refractivity contribution in [3.63, 3.8) is 0 Å². The van der Waals surface area contributed by atoms with E-state index in [9.17, 15) is 8.42 Å². The van der Waals surface area contributed by atoms with E-state index in [1.165, 1.54) is 6.20 Å². The minimum Gasteiger partial charge on any atom is -0.339 e. The Morgan fingerprint density at radius 1 is 0.917 bits per heavy atom. The van der Waals surface area contributed by atoms with Crippen LogP contribution in [0.25, 0.3) is 0 Å². The first kappa shape index (κ1) is 16.3. The van der Waals surface area contributed by atoms with E-state index in [0.717, 1.165) is 26.5 Å². The lowest BCUT2D eigenvalue weighted by Crippen LogP contribution is -2.15. The third-order valence-electron chi connectivity index (χ3n) is 3.64. The lowest BCUT2D eigenvalue weighted by molar-refractivity contribution is 0.579. The fraction of sp³-hybridized carbons (Fsp3) is 0.167. The summed E-state index contributed by atoms with van der Waals surface area (Å²) in [5.41, 5.74) is 3.86. The van der Waals surface area contributed by atoms with Crippen LogP contribution in [0, 0.1) is 13.8 Å². The molecule has 0 fully saturated rings. The molecule has 1 heterocycles. The van der Waals surface area contributed by atoms with Crippen LogP contribution < -0.4 is 5.32 Å². The fourth-order valence-corrected chi connectivity index (χ4v) is 3.48. The molecule has 5 nitrogen and oxygen atoms in total. The molecule has 1 aromatic heterocycles. The molecule has 0 saturated heterocycles. The maximum atomic E-state index is 12.5. The van der Waals surface area contributed by atoms with Crippen LogP contribution in [0.5, 0.6) is 0 Å². The fourth-order valence-electron chi connectivity index (χ4n) is 2.27. The van der Waals surface area contributed by atoms with Crippen molar-refractivity contribution in [2.45, 2.75) is 19.6 Å². The molecule has 6 heteroatoms. The monoisotopic (exact) mass is 341 g/mol. The van der Waals surface area contributed by atoms with E-state index in [-0.39, 0.29) is 5.75 Å². The molecule has 2 aromatic carbocycles. The van der Waals surface area contributed by atoms with Gasteiger partial charge in [0.2, 0.25) is 0 Å². The molecular weight excluding hydrogens is 322 g/mol. The number of nitrogens with one attached hydrogen (secondary N) is 1. The van der Waals surface area contributed by atoms with Crippen molar-refractivity contribution in [1.82, 2.24) is 9.19 Å². The van der Waals surface area contributed by atoms with Crippen LogP contribution in [-0.4, -0.2) is 17.6 Å². The van der Waals surface area contributed by atoms with Crippen LogP contribution in [0.1, 0.15) is 16.7 Å². The topological polar surface area (TPSA) is 64.0 Å². The van der Waals surface area contributed by atoms with Gasteiger partial charge < -0.3 is 5.32 Å². The summed E-state index contributed by atoms with van der Waals surface area (Å²) in [5, 5.41) is 7.23. The van der Waals surface area contributed by atoms with E-state index in [1.807, 2.05) is 62.4 Å². The summed E-state index contributed by atoms with van der Waals surface area (Å²) < 4.78 is 26.0. The molecule has 0 amide bonds. The third kappa shape index (κ3) is 3.83. The van der Waals surface area contributed by atoms with E-state index in [1.54, 1.807) is 6.07 Å². The Morgan fingerprint density at radius 3 is 2.12 bits per heavy atom. The summed E-state index contributed by atoms with van der Waals surface area (Å²) >= 11 is 0. The van der Waals surface area contributed by atoms with E-state index < -0.39 is 10.0 Å². The van der Waals surface area contributed by atoms with Gasteiger partial charge in [0.05, 0.1) is 5.75 Å². The van der Waals surface area contributed by atoms with Crippen LogP contribution >= 0.6 is 0 Å². The summed E-state index contributed by atoms with van der Waals surface area (Å²) in [5.74, 6) is 0.408. The van der Waals surface area contributed by atoms with Gasteiger partial charge in [-0.05, 0) is 31.5 Å². The number of aryl methyl sites for hydroxylation is 2. The lowest BCUT2D eigenvalue weighted by atomic mass is 10.2. The van der Waals surface area contributed by atoms with Gasteiger partial charge >= 0.3 is 0 Å². The molecular formula is C18H19N3O2S. The van der Waals surface area contributed by atoms with Crippen molar-refractivity contribution in [1.29, 1.82) is 0 Å². The van der Waals surface area contributed by atoms with Crippen LogP contribution in [-0.2, 0) is 15.8 Å². The second-order valence-corrected chi connectivity index (χ2v) is 7.63. The Bertz CT molecular complexity index is 927. The van der Waals surface area contributed by atoms with Crippen molar-refractivity contribution < 1.29 is 8.42 Å². The molecule has 1 N–H and O–H groups in total. The third-order valence-corrected chi connectivity index (χ3v) is 5.12. The minimum absolute atomic E-state index is 0.0844. The zero-order chi connectivity index (χ0) is 17.2. The molecule has 3 aromatic rings. The average molecular weight is 341 g/mol. The normalized spacial score (nSPS) is 11.4. The Labute approximate surface area is 142 Å². The lowest BCUT2D eigenvalue weighted by Gasteiger charge is -2.06. The molecule has 0 radical (unpaired) electrons. The first-order valence-electron chi connectivity index (χ1n) is 7.60. The highest BCUT2D eigenvalue weighted by Crippen LogP contribution is 2.17. The molecule has 0 spiro atoms. The van der Waals surface area contributed by atoms with E-state index in [0.29, 0.717) is 5.82 Å². The van der Waals surface area contributed by atoms with Gasteiger partial charge in [-0.15, -0.1) is 5.10 Å². The number of rotatable bonds is 5. The van der Waals surface area contributed by atoms with E-state index in [2.05, 4.69) is 10.4 Å². The number of anilines is 2. The second kappa shape index (κ2) is 6.49. The first-order valence-corrected chi connectivity index (χ1v) is 9.21. The van der Waals surface area contributed by atoms with Gasteiger partial charge in [0.25, 0.3) is 10.0 Å². The quantitative estimate of drug-likeness (QED) is 0.770. The largest absolute Gasteiger partial charge is 0.339 e. The summed E-state index contributed by atoms with van der Waals surface area (Å²) in [4.78, 5) is 0. The standard InChI is InChI=1S/C18H19N3O2S/c1-14-3-7-16(8-4-14)13-24(22,23)21-12-11-18(20-21)19-17-9-5-15(2)6-10-17/h3-12H,13H2,1-2H3,(H,19,20). The van der Waals surface area contributed by atoms with Gasteiger partial charge in [0, 0.05) is 18.0 Å². The second-order valence-electron chi connectivity index (χ2n) is 5.81. The van der Waals surface area contributed by atoms with Crippen molar-refractivity contribution in [3.8, 4) is 0 Å². The van der Waals surface area contributed by atoms with Crippen molar-refractivity contribution in [3.05, 3.63) is 77.5 Å². The molecule has 0 atom stereocenters. The smallest absolute Gasteiger partial charge is 0.258 e. The molecule has 24 heavy (non-hydrogen) atoms. The van der Waals surface area contributed by atoms with Gasteiger partial charge in [0.15, 0.2) is 5.82 Å². The highest BCUT2D eigenvalue weighted by Gasteiger charge is 2.16.